The van der Waals surface area contributed by atoms with Gasteiger partial charge >= 0.3 is 0 Å². The van der Waals surface area contributed by atoms with Crippen LogP contribution < -0.4 is 5.32 Å². The van der Waals surface area contributed by atoms with E-state index < -0.39 is 0 Å². The number of benzene rings is 2. The summed E-state index contributed by atoms with van der Waals surface area (Å²) in [6, 6.07) is 10.3. The van der Waals surface area contributed by atoms with Gasteiger partial charge in [0, 0.05) is 28.9 Å². The maximum atomic E-state index is 9.69. The van der Waals surface area contributed by atoms with Crippen molar-refractivity contribution in [2.75, 3.05) is 5.32 Å². The SMILES string of the molecule is Cc1ccc(NCc2c(O)cccc2Cl)cc1O. The molecule has 0 aliphatic heterocycles. The van der Waals surface area contributed by atoms with E-state index in [9.17, 15) is 10.2 Å². The zero-order chi connectivity index (χ0) is 13.1. The number of phenolic OH excluding ortho intramolecular Hbond substituents is 2. The van der Waals surface area contributed by atoms with E-state index in [1.807, 2.05) is 19.1 Å². The van der Waals surface area contributed by atoms with Gasteiger partial charge in [-0.05, 0) is 30.7 Å². The number of anilines is 1. The number of rotatable bonds is 3. The Labute approximate surface area is 111 Å². The van der Waals surface area contributed by atoms with Crippen LogP contribution in [0, 0.1) is 6.92 Å². The zero-order valence-corrected chi connectivity index (χ0v) is 10.7. The van der Waals surface area contributed by atoms with E-state index in [4.69, 9.17) is 11.6 Å². The molecule has 0 aliphatic carbocycles. The first-order valence-electron chi connectivity index (χ1n) is 5.58. The molecular weight excluding hydrogens is 250 g/mol. The Balaban J connectivity index is 2.14. The molecule has 0 saturated carbocycles. The van der Waals surface area contributed by atoms with Crippen molar-refractivity contribution in [3.63, 3.8) is 0 Å². The highest BCUT2D eigenvalue weighted by atomic mass is 35.5. The molecular formula is C14H14ClNO2. The Hall–Kier alpha value is -1.87. The number of aryl methyl sites for hydroxylation is 1. The molecule has 2 rings (SSSR count). The van der Waals surface area contributed by atoms with Crippen molar-refractivity contribution in [2.45, 2.75) is 13.5 Å². The molecule has 94 valence electrons. The first kappa shape index (κ1) is 12.6. The fourth-order valence-corrected chi connectivity index (χ4v) is 1.87. The highest BCUT2D eigenvalue weighted by molar-refractivity contribution is 6.31. The Kier molecular flexibility index (Phi) is 3.63. The quantitative estimate of drug-likeness (QED) is 0.792. The number of hydrogen-bond donors (Lipinski definition) is 3. The summed E-state index contributed by atoms with van der Waals surface area (Å²) in [5.41, 5.74) is 2.23. The van der Waals surface area contributed by atoms with Crippen molar-refractivity contribution in [3.8, 4) is 11.5 Å². The summed E-state index contributed by atoms with van der Waals surface area (Å²) >= 11 is 6.00. The van der Waals surface area contributed by atoms with Crippen molar-refractivity contribution >= 4 is 17.3 Å². The van der Waals surface area contributed by atoms with Gasteiger partial charge in [-0.15, -0.1) is 0 Å². The molecule has 18 heavy (non-hydrogen) atoms. The maximum absolute atomic E-state index is 9.69. The first-order valence-corrected chi connectivity index (χ1v) is 5.95. The lowest BCUT2D eigenvalue weighted by Gasteiger charge is -2.10. The Morgan fingerprint density at radius 1 is 1.11 bits per heavy atom. The third kappa shape index (κ3) is 2.68. The van der Waals surface area contributed by atoms with Gasteiger partial charge in [-0.1, -0.05) is 23.7 Å². The smallest absolute Gasteiger partial charge is 0.122 e. The van der Waals surface area contributed by atoms with Crippen LogP contribution >= 0.6 is 11.6 Å². The van der Waals surface area contributed by atoms with Crippen LogP contribution in [-0.4, -0.2) is 10.2 Å². The second-order valence-corrected chi connectivity index (χ2v) is 4.50. The summed E-state index contributed by atoms with van der Waals surface area (Å²) in [7, 11) is 0. The van der Waals surface area contributed by atoms with Gasteiger partial charge in [0.15, 0.2) is 0 Å². The lowest BCUT2D eigenvalue weighted by molar-refractivity contribution is 0.469. The van der Waals surface area contributed by atoms with Gasteiger partial charge in [-0.2, -0.15) is 0 Å². The summed E-state index contributed by atoms with van der Waals surface area (Å²) in [6.45, 7) is 2.23. The second kappa shape index (κ2) is 5.19. The number of nitrogens with one attached hydrogen (secondary N) is 1. The van der Waals surface area contributed by atoms with Crippen LogP contribution in [0.3, 0.4) is 0 Å². The molecule has 3 N–H and O–H groups in total. The van der Waals surface area contributed by atoms with Gasteiger partial charge in [0.05, 0.1) is 0 Å². The number of halogens is 1. The number of phenols is 2. The van der Waals surface area contributed by atoms with Gasteiger partial charge in [0.2, 0.25) is 0 Å². The fourth-order valence-electron chi connectivity index (χ4n) is 1.63. The third-order valence-corrected chi connectivity index (χ3v) is 3.13. The van der Waals surface area contributed by atoms with Gasteiger partial charge in [-0.25, -0.2) is 0 Å². The largest absolute Gasteiger partial charge is 0.508 e. The van der Waals surface area contributed by atoms with Gasteiger partial charge in [0.1, 0.15) is 11.5 Å². The van der Waals surface area contributed by atoms with Crippen LogP contribution in [0.2, 0.25) is 5.02 Å². The molecule has 0 bridgehead atoms. The molecule has 3 nitrogen and oxygen atoms in total. The van der Waals surface area contributed by atoms with E-state index in [0.29, 0.717) is 17.1 Å². The maximum Gasteiger partial charge on any atom is 0.122 e. The molecule has 0 fully saturated rings. The Morgan fingerprint density at radius 3 is 2.56 bits per heavy atom. The minimum atomic E-state index is 0.159. The number of hydrogen-bond acceptors (Lipinski definition) is 3. The fraction of sp³-hybridized carbons (Fsp3) is 0.143. The Morgan fingerprint density at radius 2 is 1.89 bits per heavy atom. The standard InChI is InChI=1S/C14H14ClNO2/c1-9-5-6-10(7-14(9)18)16-8-11-12(15)3-2-4-13(11)17/h2-7,16-18H,8H2,1H3. The molecule has 0 saturated heterocycles. The highest BCUT2D eigenvalue weighted by Gasteiger charge is 2.06. The van der Waals surface area contributed by atoms with Crippen LogP contribution in [0.15, 0.2) is 36.4 Å². The van der Waals surface area contributed by atoms with Crippen molar-refractivity contribution in [2.24, 2.45) is 0 Å². The Bertz CT molecular complexity index is 549. The third-order valence-electron chi connectivity index (χ3n) is 2.77. The van der Waals surface area contributed by atoms with Crippen LogP contribution in [0.25, 0.3) is 0 Å². The molecule has 0 unspecified atom stereocenters. The predicted molar refractivity (Wildman–Crippen MR) is 73.3 cm³/mol. The molecule has 0 spiro atoms. The van der Waals surface area contributed by atoms with Gasteiger partial charge < -0.3 is 15.5 Å². The molecule has 0 amide bonds. The molecule has 2 aromatic carbocycles. The van der Waals surface area contributed by atoms with E-state index in [0.717, 1.165) is 11.3 Å². The summed E-state index contributed by atoms with van der Waals surface area (Å²) in [6.07, 6.45) is 0. The molecule has 0 aliphatic rings. The average molecular weight is 264 g/mol. The summed E-state index contributed by atoms with van der Waals surface area (Å²) in [5, 5.41) is 22.9. The summed E-state index contributed by atoms with van der Waals surface area (Å²) in [4.78, 5) is 0. The van der Waals surface area contributed by atoms with E-state index in [1.54, 1.807) is 24.3 Å². The normalized spacial score (nSPS) is 10.3. The minimum absolute atomic E-state index is 0.159. The molecule has 0 radical (unpaired) electrons. The van der Waals surface area contributed by atoms with Crippen molar-refractivity contribution in [3.05, 3.63) is 52.5 Å². The van der Waals surface area contributed by atoms with Crippen LogP contribution in [0.1, 0.15) is 11.1 Å². The monoisotopic (exact) mass is 263 g/mol. The molecule has 0 heterocycles. The topological polar surface area (TPSA) is 52.5 Å². The first-order chi connectivity index (χ1) is 8.58. The van der Waals surface area contributed by atoms with E-state index in [1.165, 1.54) is 0 Å². The van der Waals surface area contributed by atoms with Gasteiger partial charge in [0.25, 0.3) is 0 Å². The second-order valence-electron chi connectivity index (χ2n) is 4.09. The predicted octanol–water partition coefficient (Wildman–Crippen LogP) is 3.67. The lowest BCUT2D eigenvalue weighted by atomic mass is 10.1. The molecule has 0 atom stereocenters. The van der Waals surface area contributed by atoms with Crippen LogP contribution in [-0.2, 0) is 6.54 Å². The van der Waals surface area contributed by atoms with E-state index >= 15 is 0 Å². The molecule has 2 aromatic rings. The van der Waals surface area contributed by atoms with E-state index in [2.05, 4.69) is 5.32 Å². The lowest BCUT2D eigenvalue weighted by Crippen LogP contribution is -2.00. The van der Waals surface area contributed by atoms with Crippen LogP contribution in [0.5, 0.6) is 11.5 Å². The van der Waals surface area contributed by atoms with Crippen molar-refractivity contribution in [1.29, 1.82) is 0 Å². The van der Waals surface area contributed by atoms with Crippen LogP contribution in [0.4, 0.5) is 5.69 Å². The van der Waals surface area contributed by atoms with E-state index in [-0.39, 0.29) is 11.5 Å². The van der Waals surface area contributed by atoms with Crippen molar-refractivity contribution in [1.82, 2.24) is 0 Å². The van der Waals surface area contributed by atoms with Crippen molar-refractivity contribution < 1.29 is 10.2 Å². The zero-order valence-electron chi connectivity index (χ0n) is 9.94. The molecule has 4 heteroatoms. The molecule has 0 aromatic heterocycles. The summed E-state index contributed by atoms with van der Waals surface area (Å²) < 4.78 is 0. The highest BCUT2D eigenvalue weighted by Crippen LogP contribution is 2.27. The minimum Gasteiger partial charge on any atom is -0.508 e. The average Bonchev–Trinajstić information content (AvgIpc) is 2.33. The summed E-state index contributed by atoms with van der Waals surface area (Å²) in [5.74, 6) is 0.398. The van der Waals surface area contributed by atoms with Gasteiger partial charge in [-0.3, -0.25) is 0 Å². The number of aromatic hydroxyl groups is 2.